The van der Waals surface area contributed by atoms with Crippen LogP contribution >= 0.6 is 0 Å². The summed E-state index contributed by atoms with van der Waals surface area (Å²) in [6, 6.07) is 0.458. The first-order valence-electron chi connectivity index (χ1n) is 6.60. The maximum absolute atomic E-state index is 10.1. The van der Waals surface area contributed by atoms with Crippen molar-refractivity contribution in [2.75, 3.05) is 13.1 Å². The Labute approximate surface area is 93.7 Å². The number of nitrogens with zero attached hydrogens (tertiary/aromatic N) is 1. The van der Waals surface area contributed by atoms with Gasteiger partial charge in [0.15, 0.2) is 0 Å². The first kappa shape index (κ1) is 11.4. The highest BCUT2D eigenvalue weighted by molar-refractivity contribution is 4.88. The summed E-state index contributed by atoms with van der Waals surface area (Å²) in [4.78, 5) is 2.55. The van der Waals surface area contributed by atoms with Crippen molar-refractivity contribution >= 4 is 0 Å². The van der Waals surface area contributed by atoms with Gasteiger partial charge in [0.25, 0.3) is 0 Å². The molecule has 2 fully saturated rings. The van der Waals surface area contributed by atoms with Crippen LogP contribution in [-0.4, -0.2) is 35.2 Å². The molecule has 1 heterocycles. The number of rotatable bonds is 1. The third-order valence-electron chi connectivity index (χ3n) is 4.43. The average molecular weight is 211 g/mol. The minimum Gasteiger partial charge on any atom is -0.391 e. The second-order valence-corrected chi connectivity index (χ2v) is 5.68. The van der Waals surface area contributed by atoms with E-state index in [1.807, 2.05) is 0 Å². The van der Waals surface area contributed by atoms with Gasteiger partial charge in [0.05, 0.1) is 6.10 Å². The zero-order chi connectivity index (χ0) is 10.8. The number of likely N-dealkylation sites (tertiary alicyclic amines) is 1. The normalized spacial score (nSPS) is 44.2. The van der Waals surface area contributed by atoms with Crippen molar-refractivity contribution in [1.29, 1.82) is 0 Å². The standard InChI is InChI=1S/C13H25NO/c1-10-8-14(9-11(10)2)12-6-4-3-5-7-13(12)15/h10-13,15H,3-9H2,1-2H3. The number of aliphatic hydroxyl groups excluding tert-OH is 1. The largest absolute Gasteiger partial charge is 0.391 e. The van der Waals surface area contributed by atoms with Gasteiger partial charge in [-0.3, -0.25) is 4.90 Å². The third kappa shape index (κ3) is 2.54. The predicted molar refractivity (Wildman–Crippen MR) is 62.8 cm³/mol. The first-order chi connectivity index (χ1) is 7.18. The molecule has 2 aliphatic rings. The fraction of sp³-hybridized carbons (Fsp3) is 1.00. The predicted octanol–water partition coefficient (Wildman–Crippen LogP) is 2.27. The molecule has 1 aliphatic heterocycles. The Morgan fingerprint density at radius 3 is 2.20 bits per heavy atom. The summed E-state index contributed by atoms with van der Waals surface area (Å²) in [6.45, 7) is 7.08. The Bertz CT molecular complexity index is 197. The SMILES string of the molecule is CC1CN(C2CCCCCC2O)CC1C. The molecule has 4 unspecified atom stereocenters. The van der Waals surface area contributed by atoms with Gasteiger partial charge in [-0.25, -0.2) is 0 Å². The minimum absolute atomic E-state index is 0.0648. The van der Waals surface area contributed by atoms with Crippen LogP contribution in [0.15, 0.2) is 0 Å². The molecule has 0 aromatic heterocycles. The number of hydrogen-bond acceptors (Lipinski definition) is 2. The molecule has 4 atom stereocenters. The van der Waals surface area contributed by atoms with Crippen LogP contribution in [-0.2, 0) is 0 Å². The van der Waals surface area contributed by atoms with Crippen LogP contribution in [0.3, 0.4) is 0 Å². The average Bonchev–Trinajstić information content (AvgIpc) is 2.41. The maximum atomic E-state index is 10.1. The van der Waals surface area contributed by atoms with Gasteiger partial charge >= 0.3 is 0 Å². The van der Waals surface area contributed by atoms with Gasteiger partial charge in [0, 0.05) is 19.1 Å². The lowest BCUT2D eigenvalue weighted by Crippen LogP contribution is -2.41. The minimum atomic E-state index is -0.0648. The van der Waals surface area contributed by atoms with E-state index in [1.54, 1.807) is 0 Å². The zero-order valence-corrected chi connectivity index (χ0v) is 10.2. The van der Waals surface area contributed by atoms with E-state index >= 15 is 0 Å². The van der Waals surface area contributed by atoms with Gasteiger partial charge in [-0.2, -0.15) is 0 Å². The van der Waals surface area contributed by atoms with E-state index in [9.17, 15) is 5.11 Å². The summed E-state index contributed by atoms with van der Waals surface area (Å²) in [5.74, 6) is 1.61. The van der Waals surface area contributed by atoms with Crippen LogP contribution in [0.1, 0.15) is 46.0 Å². The van der Waals surface area contributed by atoms with Crippen molar-refractivity contribution in [2.24, 2.45) is 11.8 Å². The van der Waals surface area contributed by atoms with Crippen molar-refractivity contribution in [2.45, 2.75) is 58.1 Å². The first-order valence-corrected chi connectivity index (χ1v) is 6.60. The van der Waals surface area contributed by atoms with Crippen LogP contribution in [0.5, 0.6) is 0 Å². The summed E-state index contributed by atoms with van der Waals surface area (Å²) in [7, 11) is 0. The van der Waals surface area contributed by atoms with E-state index < -0.39 is 0 Å². The molecule has 0 aromatic carbocycles. The molecule has 0 aromatic rings. The molecule has 2 heteroatoms. The number of hydrogen-bond donors (Lipinski definition) is 1. The summed E-state index contributed by atoms with van der Waals surface area (Å²) in [5.41, 5.74) is 0. The zero-order valence-electron chi connectivity index (χ0n) is 10.2. The molecule has 1 N–H and O–H groups in total. The van der Waals surface area contributed by atoms with Crippen molar-refractivity contribution in [3.63, 3.8) is 0 Å². The lowest BCUT2D eigenvalue weighted by Gasteiger charge is -2.30. The van der Waals surface area contributed by atoms with Gasteiger partial charge in [0.2, 0.25) is 0 Å². The quantitative estimate of drug-likeness (QED) is 0.673. The molecule has 1 aliphatic carbocycles. The molecular weight excluding hydrogens is 186 g/mol. The molecule has 2 rings (SSSR count). The smallest absolute Gasteiger partial charge is 0.0695 e. The summed E-state index contributed by atoms with van der Waals surface area (Å²) in [5, 5.41) is 10.1. The lowest BCUT2D eigenvalue weighted by atomic mass is 10.0. The Hall–Kier alpha value is -0.0800. The van der Waals surface area contributed by atoms with Crippen LogP contribution < -0.4 is 0 Å². The fourth-order valence-corrected chi connectivity index (χ4v) is 3.14. The highest BCUT2D eigenvalue weighted by Gasteiger charge is 2.34. The lowest BCUT2D eigenvalue weighted by molar-refractivity contribution is 0.0542. The molecule has 0 radical (unpaired) electrons. The van der Waals surface area contributed by atoms with Gasteiger partial charge in [-0.05, 0) is 24.7 Å². The van der Waals surface area contributed by atoms with E-state index in [0.29, 0.717) is 6.04 Å². The molecule has 88 valence electrons. The van der Waals surface area contributed by atoms with E-state index in [0.717, 1.165) is 18.3 Å². The topological polar surface area (TPSA) is 23.5 Å². The van der Waals surface area contributed by atoms with Crippen LogP contribution in [0.4, 0.5) is 0 Å². The van der Waals surface area contributed by atoms with Crippen molar-refractivity contribution in [1.82, 2.24) is 4.90 Å². The Morgan fingerprint density at radius 2 is 1.53 bits per heavy atom. The van der Waals surface area contributed by atoms with Crippen molar-refractivity contribution in [3.05, 3.63) is 0 Å². The van der Waals surface area contributed by atoms with Crippen LogP contribution in [0.2, 0.25) is 0 Å². The van der Waals surface area contributed by atoms with Gasteiger partial charge in [-0.1, -0.05) is 33.1 Å². The molecule has 2 nitrogen and oxygen atoms in total. The molecular formula is C13H25NO. The molecule has 0 spiro atoms. The summed E-state index contributed by atoms with van der Waals surface area (Å²) >= 11 is 0. The van der Waals surface area contributed by atoms with E-state index in [2.05, 4.69) is 18.7 Å². The Morgan fingerprint density at radius 1 is 0.933 bits per heavy atom. The van der Waals surface area contributed by atoms with Crippen molar-refractivity contribution < 1.29 is 5.11 Å². The second-order valence-electron chi connectivity index (χ2n) is 5.68. The molecule has 0 bridgehead atoms. The van der Waals surface area contributed by atoms with E-state index in [-0.39, 0.29) is 6.10 Å². The highest BCUT2D eigenvalue weighted by atomic mass is 16.3. The molecule has 1 saturated carbocycles. The van der Waals surface area contributed by atoms with E-state index in [1.165, 1.54) is 38.8 Å². The van der Waals surface area contributed by atoms with Gasteiger partial charge in [-0.15, -0.1) is 0 Å². The molecule has 1 saturated heterocycles. The van der Waals surface area contributed by atoms with Gasteiger partial charge < -0.3 is 5.11 Å². The maximum Gasteiger partial charge on any atom is 0.0695 e. The Kier molecular flexibility index (Phi) is 3.68. The Balaban J connectivity index is 1.96. The number of aliphatic hydroxyl groups is 1. The van der Waals surface area contributed by atoms with Gasteiger partial charge in [0.1, 0.15) is 0 Å². The van der Waals surface area contributed by atoms with Crippen molar-refractivity contribution in [3.8, 4) is 0 Å². The van der Waals surface area contributed by atoms with Crippen LogP contribution in [0, 0.1) is 11.8 Å². The second kappa shape index (κ2) is 4.84. The molecule has 0 amide bonds. The summed E-state index contributed by atoms with van der Waals surface area (Å²) < 4.78 is 0. The summed E-state index contributed by atoms with van der Waals surface area (Å²) in [6.07, 6.45) is 6.00. The monoisotopic (exact) mass is 211 g/mol. The highest BCUT2D eigenvalue weighted by Crippen LogP contribution is 2.29. The fourth-order valence-electron chi connectivity index (χ4n) is 3.14. The van der Waals surface area contributed by atoms with E-state index in [4.69, 9.17) is 0 Å². The molecule has 15 heavy (non-hydrogen) atoms. The van der Waals surface area contributed by atoms with Crippen LogP contribution in [0.25, 0.3) is 0 Å². The third-order valence-corrected chi connectivity index (χ3v) is 4.43.